The van der Waals surface area contributed by atoms with Gasteiger partial charge in [0.25, 0.3) is 0 Å². The SMILES string of the molecule is CC(C)(C)OC(=O)[AsH]c1ccccc1NC(=O)c1ccc(B2OC(C)(C)C(C)(C)O2)cc1. The number of hydrogen-bond donors (Lipinski definition) is 1. The van der Waals surface area contributed by atoms with Crippen molar-refractivity contribution in [1.29, 1.82) is 0 Å². The van der Waals surface area contributed by atoms with Gasteiger partial charge in [0, 0.05) is 0 Å². The molecule has 0 bridgehead atoms. The Labute approximate surface area is 197 Å². The van der Waals surface area contributed by atoms with Gasteiger partial charge in [0.15, 0.2) is 0 Å². The van der Waals surface area contributed by atoms with Gasteiger partial charge in [-0.05, 0) is 0 Å². The second-order valence-electron chi connectivity index (χ2n) is 9.84. The molecule has 1 aliphatic heterocycles. The van der Waals surface area contributed by atoms with E-state index in [9.17, 15) is 9.59 Å². The van der Waals surface area contributed by atoms with E-state index in [1.165, 1.54) is 0 Å². The molecule has 1 fully saturated rings. The number of benzene rings is 2. The molecule has 170 valence electrons. The van der Waals surface area contributed by atoms with Crippen LogP contribution in [0.4, 0.5) is 10.5 Å². The van der Waals surface area contributed by atoms with Crippen LogP contribution in [0.2, 0.25) is 0 Å². The zero-order valence-corrected chi connectivity index (χ0v) is 21.8. The zero-order valence-electron chi connectivity index (χ0n) is 19.7. The Bertz CT molecular complexity index is 982. The van der Waals surface area contributed by atoms with E-state index >= 15 is 0 Å². The number of hydrogen-bond acceptors (Lipinski definition) is 5. The molecule has 1 aliphatic rings. The number of rotatable bonds is 5. The summed E-state index contributed by atoms with van der Waals surface area (Å²) in [7, 11) is -0.475. The first kappa shape index (κ1) is 24.6. The molecule has 1 N–H and O–H groups in total. The molecule has 0 saturated carbocycles. The number of ether oxygens (including phenoxy) is 1. The molecule has 0 radical (unpaired) electrons. The fourth-order valence-corrected chi connectivity index (χ4v) is 5.26. The van der Waals surface area contributed by atoms with Gasteiger partial charge in [0.05, 0.1) is 0 Å². The number of amides is 1. The van der Waals surface area contributed by atoms with Crippen LogP contribution < -0.4 is 15.1 Å². The molecular weight excluding hydrogens is 468 g/mol. The van der Waals surface area contributed by atoms with Gasteiger partial charge in [-0.3, -0.25) is 0 Å². The van der Waals surface area contributed by atoms with Crippen molar-refractivity contribution in [2.24, 2.45) is 0 Å². The summed E-state index contributed by atoms with van der Waals surface area (Å²) < 4.78 is 18.2. The topological polar surface area (TPSA) is 73.9 Å². The summed E-state index contributed by atoms with van der Waals surface area (Å²) in [6, 6.07) is 14.6. The quantitative estimate of drug-likeness (QED) is 0.640. The normalized spacial score (nSPS) is 17.5. The third kappa shape index (κ3) is 5.83. The van der Waals surface area contributed by atoms with Crippen LogP contribution in [-0.2, 0) is 14.0 Å². The van der Waals surface area contributed by atoms with Crippen molar-refractivity contribution < 1.29 is 23.6 Å². The summed E-state index contributed by atoms with van der Waals surface area (Å²) in [5.74, 6) is -0.242. The Morgan fingerprint density at radius 1 is 0.938 bits per heavy atom. The van der Waals surface area contributed by atoms with Crippen LogP contribution in [0, 0.1) is 0 Å². The van der Waals surface area contributed by atoms with Crippen LogP contribution in [0.3, 0.4) is 0 Å². The van der Waals surface area contributed by atoms with E-state index in [-0.39, 0.29) is 10.7 Å². The van der Waals surface area contributed by atoms with Crippen LogP contribution in [0.15, 0.2) is 48.5 Å². The Hall–Kier alpha value is -2.08. The molecule has 0 spiro atoms. The number of nitrogens with one attached hydrogen (secondary N) is 1. The standard InChI is InChI=1S/C24H31AsBNO5/c1-22(2,3)30-21(29)25-18-10-8-9-11-19(18)27-20(28)16-12-14-17(15-13-16)26-31-23(4,5)24(6,7)32-26/h8-15,25H,1-7H3,(H,27,28). The zero-order chi connectivity index (χ0) is 23.7. The molecule has 8 heteroatoms. The van der Waals surface area contributed by atoms with E-state index in [0.717, 1.165) is 9.81 Å². The molecule has 1 unspecified atom stereocenters. The van der Waals surface area contributed by atoms with Gasteiger partial charge >= 0.3 is 197 Å². The summed E-state index contributed by atoms with van der Waals surface area (Å²) in [5, 5.41) is 2.93. The predicted octanol–water partition coefficient (Wildman–Crippen LogP) is 3.24. The minimum absolute atomic E-state index is 0.217. The summed E-state index contributed by atoms with van der Waals surface area (Å²) in [5.41, 5.74) is 0.634. The monoisotopic (exact) mass is 499 g/mol. The molecule has 0 aromatic heterocycles. The Morgan fingerprint density at radius 3 is 2.06 bits per heavy atom. The summed E-state index contributed by atoms with van der Waals surface area (Å²) in [6.45, 7) is 13.6. The minimum atomic E-state index is -1.22. The van der Waals surface area contributed by atoms with Crippen LogP contribution in [0.1, 0.15) is 58.8 Å². The second kappa shape index (κ2) is 9.05. The van der Waals surface area contributed by atoms with E-state index in [4.69, 9.17) is 14.0 Å². The Balaban J connectivity index is 1.69. The number of carbonyl (C=O) groups excluding carboxylic acids is 2. The first-order valence-corrected chi connectivity index (χ1v) is 12.7. The molecular formula is C24H31AsBNO5. The van der Waals surface area contributed by atoms with Crippen molar-refractivity contribution >= 4 is 49.0 Å². The van der Waals surface area contributed by atoms with Crippen molar-refractivity contribution in [3.8, 4) is 0 Å². The van der Waals surface area contributed by atoms with Gasteiger partial charge in [-0.25, -0.2) is 0 Å². The first-order valence-electron chi connectivity index (χ1n) is 10.6. The second-order valence-corrected chi connectivity index (χ2v) is 12.3. The number of para-hydroxylation sites is 1. The van der Waals surface area contributed by atoms with Crippen molar-refractivity contribution in [3.05, 3.63) is 54.1 Å². The maximum absolute atomic E-state index is 12.8. The van der Waals surface area contributed by atoms with E-state index in [2.05, 4.69) is 5.32 Å². The molecule has 1 amide bonds. The average molecular weight is 499 g/mol. The van der Waals surface area contributed by atoms with Gasteiger partial charge in [-0.15, -0.1) is 0 Å². The van der Waals surface area contributed by atoms with Crippen molar-refractivity contribution in [1.82, 2.24) is 0 Å². The summed E-state index contributed by atoms with van der Waals surface area (Å²) in [6.07, 6.45) is 0. The van der Waals surface area contributed by atoms with Crippen LogP contribution in [0.5, 0.6) is 0 Å². The van der Waals surface area contributed by atoms with Crippen LogP contribution in [-0.4, -0.2) is 50.3 Å². The number of anilines is 1. The van der Waals surface area contributed by atoms with Crippen molar-refractivity contribution in [2.45, 2.75) is 65.3 Å². The van der Waals surface area contributed by atoms with Gasteiger partial charge in [-0.1, -0.05) is 0 Å². The first-order chi connectivity index (χ1) is 14.8. The molecule has 2 aromatic rings. The molecule has 1 saturated heterocycles. The molecule has 0 aliphatic carbocycles. The third-order valence-corrected chi connectivity index (χ3v) is 7.63. The number of carbonyl (C=O) groups is 2. The molecule has 1 heterocycles. The predicted molar refractivity (Wildman–Crippen MR) is 130 cm³/mol. The molecule has 3 rings (SSSR count). The molecule has 1 atom stereocenters. The van der Waals surface area contributed by atoms with Gasteiger partial charge < -0.3 is 0 Å². The van der Waals surface area contributed by atoms with E-state index in [1.54, 1.807) is 18.2 Å². The summed E-state index contributed by atoms with van der Waals surface area (Å²) in [4.78, 5) is 25.1. The van der Waals surface area contributed by atoms with E-state index in [1.807, 2.05) is 78.8 Å². The molecule has 32 heavy (non-hydrogen) atoms. The maximum atomic E-state index is 12.8. The van der Waals surface area contributed by atoms with Gasteiger partial charge in [0.2, 0.25) is 0 Å². The Morgan fingerprint density at radius 2 is 1.50 bits per heavy atom. The Kier molecular flexibility index (Phi) is 6.95. The fourth-order valence-electron chi connectivity index (χ4n) is 3.08. The van der Waals surface area contributed by atoms with Crippen molar-refractivity contribution in [2.75, 3.05) is 5.32 Å². The van der Waals surface area contributed by atoms with Gasteiger partial charge in [0.1, 0.15) is 0 Å². The van der Waals surface area contributed by atoms with Crippen molar-refractivity contribution in [3.63, 3.8) is 0 Å². The summed E-state index contributed by atoms with van der Waals surface area (Å²) >= 11 is -1.22. The average Bonchev–Trinajstić information content (AvgIpc) is 2.89. The molecule has 6 nitrogen and oxygen atoms in total. The third-order valence-electron chi connectivity index (χ3n) is 5.51. The van der Waals surface area contributed by atoms with Crippen LogP contribution >= 0.6 is 0 Å². The van der Waals surface area contributed by atoms with Gasteiger partial charge in [-0.2, -0.15) is 0 Å². The van der Waals surface area contributed by atoms with E-state index < -0.39 is 39.7 Å². The van der Waals surface area contributed by atoms with E-state index in [0.29, 0.717) is 11.3 Å². The van der Waals surface area contributed by atoms with Crippen LogP contribution in [0.25, 0.3) is 0 Å². The molecule has 2 aromatic carbocycles. The fraction of sp³-hybridized carbons (Fsp3) is 0.417.